The maximum absolute atomic E-state index is 12.5. The molecule has 2 rings (SSSR count). The van der Waals surface area contributed by atoms with Crippen molar-refractivity contribution in [3.63, 3.8) is 0 Å². The Morgan fingerprint density at radius 3 is 2.67 bits per heavy atom. The van der Waals surface area contributed by atoms with E-state index in [9.17, 15) is 14.4 Å². The Labute approximate surface area is 129 Å². The minimum atomic E-state index is -0.722. The van der Waals surface area contributed by atoms with Gasteiger partial charge >= 0.3 is 0 Å². The average molecular weight is 315 g/mol. The van der Waals surface area contributed by atoms with E-state index in [-0.39, 0.29) is 36.1 Å². The molecule has 0 spiro atoms. The van der Waals surface area contributed by atoms with Gasteiger partial charge in [-0.15, -0.1) is 0 Å². The normalized spacial score (nSPS) is 23.3. The number of hydrogen-bond donors (Lipinski definition) is 3. The van der Waals surface area contributed by atoms with Crippen molar-refractivity contribution in [1.29, 1.82) is 0 Å². The van der Waals surface area contributed by atoms with Crippen molar-refractivity contribution >= 4 is 30.4 Å². The molecule has 0 aromatic heterocycles. The van der Waals surface area contributed by atoms with Crippen LogP contribution in [0.5, 0.6) is 0 Å². The van der Waals surface area contributed by atoms with Crippen molar-refractivity contribution in [2.24, 2.45) is 0 Å². The molecule has 2 fully saturated rings. The molecule has 1 aliphatic heterocycles. The van der Waals surface area contributed by atoms with Crippen LogP contribution in [0.4, 0.5) is 0 Å². The summed E-state index contributed by atoms with van der Waals surface area (Å²) in [4.78, 5) is 37.3. The van der Waals surface area contributed by atoms with E-state index in [1.54, 1.807) is 0 Å². The molecule has 1 saturated heterocycles. The van der Waals surface area contributed by atoms with Gasteiger partial charge in [-0.05, 0) is 12.8 Å². The third-order valence-corrected chi connectivity index (χ3v) is 3.86. The number of morpholine rings is 1. The van der Waals surface area contributed by atoms with E-state index in [1.165, 1.54) is 11.8 Å². The topological polar surface area (TPSA) is 87.7 Å². The number of amides is 3. The molecule has 0 aromatic carbocycles. The highest BCUT2D eigenvalue weighted by atomic mass is 32.1. The minimum absolute atomic E-state index is 0.184. The predicted octanol–water partition coefficient (Wildman–Crippen LogP) is -1.07. The van der Waals surface area contributed by atoms with Crippen molar-refractivity contribution in [1.82, 2.24) is 15.5 Å². The van der Waals surface area contributed by atoms with E-state index in [4.69, 9.17) is 4.74 Å². The average Bonchev–Trinajstić information content (AvgIpc) is 3.27. The maximum Gasteiger partial charge on any atom is 0.246 e. The molecular weight excluding hydrogens is 294 g/mol. The fourth-order valence-corrected chi connectivity index (χ4v) is 2.49. The number of hydrogen-bond acceptors (Lipinski definition) is 5. The van der Waals surface area contributed by atoms with Gasteiger partial charge in [0.05, 0.1) is 13.2 Å². The zero-order valence-corrected chi connectivity index (χ0v) is 12.9. The van der Waals surface area contributed by atoms with Gasteiger partial charge < -0.3 is 20.3 Å². The monoisotopic (exact) mass is 315 g/mol. The second kappa shape index (κ2) is 7.13. The molecule has 2 N–H and O–H groups in total. The van der Waals surface area contributed by atoms with E-state index >= 15 is 0 Å². The number of carbonyl (C=O) groups is 3. The Hall–Kier alpha value is -1.28. The summed E-state index contributed by atoms with van der Waals surface area (Å²) in [6, 6.07) is -1.13. The maximum atomic E-state index is 12.5. The van der Waals surface area contributed by atoms with Crippen LogP contribution in [0.3, 0.4) is 0 Å². The zero-order valence-electron chi connectivity index (χ0n) is 12.0. The molecule has 1 saturated carbocycles. The molecule has 2 unspecified atom stereocenters. The molecule has 118 valence electrons. The summed E-state index contributed by atoms with van der Waals surface area (Å²) in [5, 5.41) is 5.45. The molecule has 0 bridgehead atoms. The smallest absolute Gasteiger partial charge is 0.246 e. The highest BCUT2D eigenvalue weighted by Crippen LogP contribution is 2.20. The Morgan fingerprint density at radius 1 is 1.38 bits per heavy atom. The lowest BCUT2D eigenvalue weighted by molar-refractivity contribution is -0.150. The molecule has 0 aromatic rings. The van der Waals surface area contributed by atoms with Crippen molar-refractivity contribution in [3.05, 3.63) is 0 Å². The van der Waals surface area contributed by atoms with Crippen LogP contribution < -0.4 is 10.6 Å². The standard InChI is InChI=1S/C13H21N3O4S/c1-8(17)14-10(7-21)13(19)16-4-5-20-6-11(16)12(18)15-9-2-3-9/h9-11,21H,2-7H2,1H3,(H,14,17)(H,15,18). The lowest BCUT2D eigenvalue weighted by Crippen LogP contribution is -2.60. The fourth-order valence-electron chi connectivity index (χ4n) is 2.24. The molecule has 0 radical (unpaired) electrons. The van der Waals surface area contributed by atoms with Crippen molar-refractivity contribution in [2.75, 3.05) is 25.5 Å². The Balaban J connectivity index is 2.03. The first-order valence-corrected chi connectivity index (χ1v) is 7.72. The van der Waals surface area contributed by atoms with Gasteiger partial charge in [0.2, 0.25) is 17.7 Å². The van der Waals surface area contributed by atoms with Gasteiger partial charge in [-0.2, -0.15) is 12.6 Å². The summed E-state index contributed by atoms with van der Waals surface area (Å²) in [6.07, 6.45) is 1.97. The number of thiol groups is 1. The highest BCUT2D eigenvalue weighted by Gasteiger charge is 2.37. The van der Waals surface area contributed by atoms with E-state index in [0.717, 1.165) is 12.8 Å². The molecule has 7 nitrogen and oxygen atoms in total. The Kier molecular flexibility index (Phi) is 5.46. The number of ether oxygens (including phenoxy) is 1. The summed E-state index contributed by atoms with van der Waals surface area (Å²) in [5.41, 5.74) is 0. The Bertz CT molecular complexity index is 428. The zero-order chi connectivity index (χ0) is 15.4. The molecule has 1 heterocycles. The first-order chi connectivity index (χ1) is 10.0. The summed E-state index contributed by atoms with van der Waals surface area (Å²) in [7, 11) is 0. The number of carbonyl (C=O) groups excluding carboxylic acids is 3. The quantitative estimate of drug-likeness (QED) is 0.564. The van der Waals surface area contributed by atoms with Crippen LogP contribution in [0.1, 0.15) is 19.8 Å². The summed E-state index contributed by atoms with van der Waals surface area (Å²) < 4.78 is 5.32. The molecular formula is C13H21N3O4S. The van der Waals surface area contributed by atoms with E-state index in [0.29, 0.717) is 13.2 Å². The second-order valence-electron chi connectivity index (χ2n) is 5.34. The summed E-state index contributed by atoms with van der Waals surface area (Å²) >= 11 is 4.10. The van der Waals surface area contributed by atoms with Crippen molar-refractivity contribution < 1.29 is 19.1 Å². The second-order valence-corrected chi connectivity index (χ2v) is 5.71. The van der Waals surface area contributed by atoms with Crippen molar-refractivity contribution in [2.45, 2.75) is 37.9 Å². The van der Waals surface area contributed by atoms with Crippen molar-refractivity contribution in [3.8, 4) is 0 Å². The summed E-state index contributed by atoms with van der Waals surface area (Å²) in [5.74, 6) is -0.590. The van der Waals surface area contributed by atoms with E-state index in [1.807, 2.05) is 0 Å². The van der Waals surface area contributed by atoms with Crippen LogP contribution in [0.2, 0.25) is 0 Å². The van der Waals surface area contributed by atoms with Gasteiger partial charge in [0.1, 0.15) is 12.1 Å². The van der Waals surface area contributed by atoms with Gasteiger partial charge in [0.25, 0.3) is 0 Å². The number of rotatable bonds is 5. The number of nitrogens with one attached hydrogen (secondary N) is 2. The van der Waals surface area contributed by atoms with Gasteiger partial charge in [-0.1, -0.05) is 0 Å². The van der Waals surface area contributed by atoms with Crippen LogP contribution >= 0.6 is 12.6 Å². The number of nitrogens with zero attached hydrogens (tertiary/aromatic N) is 1. The summed E-state index contributed by atoms with van der Waals surface area (Å²) in [6.45, 7) is 2.26. The minimum Gasteiger partial charge on any atom is -0.377 e. The van der Waals surface area contributed by atoms with Crippen LogP contribution in [0.15, 0.2) is 0 Å². The third kappa shape index (κ3) is 4.34. The first-order valence-electron chi connectivity index (χ1n) is 7.09. The highest BCUT2D eigenvalue weighted by molar-refractivity contribution is 7.80. The van der Waals surface area contributed by atoms with Gasteiger partial charge in [-0.3, -0.25) is 14.4 Å². The van der Waals surface area contributed by atoms with Gasteiger partial charge in [0.15, 0.2) is 0 Å². The van der Waals surface area contributed by atoms with Crippen LogP contribution in [0, 0.1) is 0 Å². The predicted molar refractivity (Wildman–Crippen MR) is 78.9 cm³/mol. The molecule has 2 atom stereocenters. The molecule has 3 amide bonds. The van der Waals surface area contributed by atoms with Crippen LogP contribution in [0.25, 0.3) is 0 Å². The van der Waals surface area contributed by atoms with Crippen LogP contribution in [-0.2, 0) is 19.1 Å². The van der Waals surface area contributed by atoms with E-state index in [2.05, 4.69) is 23.3 Å². The van der Waals surface area contributed by atoms with Gasteiger partial charge in [-0.25, -0.2) is 0 Å². The molecule has 21 heavy (non-hydrogen) atoms. The first kappa shape index (κ1) is 16.1. The Morgan fingerprint density at radius 2 is 2.10 bits per heavy atom. The third-order valence-electron chi connectivity index (χ3n) is 3.50. The molecule has 1 aliphatic carbocycles. The largest absolute Gasteiger partial charge is 0.377 e. The lowest BCUT2D eigenvalue weighted by Gasteiger charge is -2.36. The SMILES string of the molecule is CC(=O)NC(CS)C(=O)N1CCOCC1C(=O)NC1CC1. The molecule has 2 aliphatic rings. The van der Waals surface area contributed by atoms with Gasteiger partial charge in [0, 0.05) is 25.3 Å². The fraction of sp³-hybridized carbons (Fsp3) is 0.769. The van der Waals surface area contributed by atoms with Crippen LogP contribution in [-0.4, -0.2) is 66.3 Å². The lowest BCUT2D eigenvalue weighted by atomic mass is 10.1. The molecule has 8 heteroatoms. The van der Waals surface area contributed by atoms with E-state index < -0.39 is 12.1 Å².